The summed E-state index contributed by atoms with van der Waals surface area (Å²) in [6.07, 6.45) is 1.55. The van der Waals surface area contributed by atoms with Crippen molar-refractivity contribution in [3.05, 3.63) is 22.4 Å². The first-order valence-corrected chi connectivity index (χ1v) is 6.10. The van der Waals surface area contributed by atoms with Crippen LogP contribution in [0.4, 0.5) is 0 Å². The molecular weight excluding hydrogens is 210 g/mol. The van der Waals surface area contributed by atoms with Crippen LogP contribution in [0.2, 0.25) is 0 Å². The van der Waals surface area contributed by atoms with Gasteiger partial charge in [0.1, 0.15) is 0 Å². The Morgan fingerprint density at radius 1 is 1.67 bits per heavy atom. The van der Waals surface area contributed by atoms with E-state index >= 15 is 0 Å². The summed E-state index contributed by atoms with van der Waals surface area (Å²) < 4.78 is 0. The van der Waals surface area contributed by atoms with Crippen molar-refractivity contribution in [3.8, 4) is 0 Å². The average molecular weight is 227 g/mol. The lowest BCUT2D eigenvalue weighted by Crippen LogP contribution is -2.24. The van der Waals surface area contributed by atoms with Crippen LogP contribution in [0.3, 0.4) is 0 Å². The fourth-order valence-corrected chi connectivity index (χ4v) is 2.03. The molecule has 1 atom stereocenters. The number of aliphatic hydroxyl groups is 1. The Kier molecular flexibility index (Phi) is 5.36. The zero-order valence-corrected chi connectivity index (χ0v) is 9.72. The lowest BCUT2D eigenvalue weighted by Gasteiger charge is -2.09. The average Bonchev–Trinajstić information content (AvgIpc) is 2.70. The minimum atomic E-state index is -0.452. The summed E-state index contributed by atoms with van der Waals surface area (Å²) in [5, 5.41) is 14.4. The van der Waals surface area contributed by atoms with Crippen molar-refractivity contribution in [1.82, 2.24) is 5.32 Å². The highest BCUT2D eigenvalue weighted by Gasteiger charge is 2.08. The van der Waals surface area contributed by atoms with Crippen molar-refractivity contribution in [2.24, 2.45) is 0 Å². The van der Waals surface area contributed by atoms with Gasteiger partial charge in [-0.1, -0.05) is 13.0 Å². The molecule has 0 saturated carbocycles. The summed E-state index contributed by atoms with van der Waals surface area (Å²) in [6.45, 7) is 2.51. The lowest BCUT2D eigenvalue weighted by atomic mass is 10.2. The molecule has 0 aromatic carbocycles. The maximum Gasteiger partial charge on any atom is 0.219 e. The van der Waals surface area contributed by atoms with Gasteiger partial charge in [0, 0.05) is 17.8 Å². The SMILES string of the molecule is CCCC(=O)NCCC(O)c1cccs1. The second-order valence-electron chi connectivity index (χ2n) is 3.42. The van der Waals surface area contributed by atoms with E-state index in [2.05, 4.69) is 5.32 Å². The van der Waals surface area contributed by atoms with Gasteiger partial charge in [-0.2, -0.15) is 0 Å². The normalized spacial score (nSPS) is 12.4. The number of carbonyl (C=O) groups is 1. The third-order valence-electron chi connectivity index (χ3n) is 2.09. The first kappa shape index (κ1) is 12.2. The fraction of sp³-hybridized carbons (Fsp3) is 0.545. The highest BCUT2D eigenvalue weighted by Crippen LogP contribution is 2.20. The van der Waals surface area contributed by atoms with Gasteiger partial charge in [0.2, 0.25) is 5.91 Å². The van der Waals surface area contributed by atoms with Crippen LogP contribution < -0.4 is 5.32 Å². The smallest absolute Gasteiger partial charge is 0.219 e. The van der Waals surface area contributed by atoms with Crippen molar-refractivity contribution in [3.63, 3.8) is 0 Å². The minimum absolute atomic E-state index is 0.0656. The van der Waals surface area contributed by atoms with Gasteiger partial charge in [-0.15, -0.1) is 11.3 Å². The summed E-state index contributed by atoms with van der Waals surface area (Å²) in [5.74, 6) is 0.0656. The summed E-state index contributed by atoms with van der Waals surface area (Å²) in [4.78, 5) is 12.1. The second-order valence-corrected chi connectivity index (χ2v) is 4.40. The van der Waals surface area contributed by atoms with Crippen LogP contribution in [-0.4, -0.2) is 17.6 Å². The molecule has 0 spiro atoms. The van der Waals surface area contributed by atoms with Crippen molar-refractivity contribution < 1.29 is 9.90 Å². The number of thiophene rings is 1. The fourth-order valence-electron chi connectivity index (χ4n) is 1.29. The molecule has 84 valence electrons. The Bertz CT molecular complexity index is 285. The minimum Gasteiger partial charge on any atom is -0.388 e. The van der Waals surface area contributed by atoms with Crippen molar-refractivity contribution in [1.29, 1.82) is 0 Å². The molecule has 3 nitrogen and oxygen atoms in total. The number of nitrogens with one attached hydrogen (secondary N) is 1. The maximum absolute atomic E-state index is 11.1. The molecule has 1 amide bonds. The van der Waals surface area contributed by atoms with Crippen molar-refractivity contribution in [2.45, 2.75) is 32.3 Å². The van der Waals surface area contributed by atoms with Crippen LogP contribution in [0.5, 0.6) is 0 Å². The third kappa shape index (κ3) is 4.44. The van der Waals surface area contributed by atoms with Gasteiger partial charge >= 0.3 is 0 Å². The largest absolute Gasteiger partial charge is 0.388 e. The summed E-state index contributed by atoms with van der Waals surface area (Å²) in [7, 11) is 0. The number of hydrogen-bond acceptors (Lipinski definition) is 3. The number of aliphatic hydroxyl groups excluding tert-OH is 1. The van der Waals surface area contributed by atoms with Crippen LogP contribution in [0.1, 0.15) is 37.2 Å². The van der Waals surface area contributed by atoms with Crippen molar-refractivity contribution >= 4 is 17.2 Å². The van der Waals surface area contributed by atoms with E-state index in [-0.39, 0.29) is 5.91 Å². The predicted octanol–water partition coefficient (Wildman–Crippen LogP) is 2.09. The van der Waals surface area contributed by atoms with Gasteiger partial charge in [-0.25, -0.2) is 0 Å². The van der Waals surface area contributed by atoms with Crippen LogP contribution in [0, 0.1) is 0 Å². The topological polar surface area (TPSA) is 49.3 Å². The van der Waals surface area contributed by atoms with Crippen LogP contribution in [0.15, 0.2) is 17.5 Å². The summed E-state index contributed by atoms with van der Waals surface area (Å²) in [6, 6.07) is 3.82. The predicted molar refractivity (Wildman–Crippen MR) is 61.8 cm³/mol. The van der Waals surface area contributed by atoms with Gasteiger partial charge in [-0.3, -0.25) is 4.79 Å². The number of rotatable bonds is 6. The maximum atomic E-state index is 11.1. The Balaban J connectivity index is 2.18. The quantitative estimate of drug-likeness (QED) is 0.781. The standard InChI is InChI=1S/C11H17NO2S/c1-2-4-11(14)12-7-6-9(13)10-5-3-8-15-10/h3,5,8-9,13H,2,4,6-7H2,1H3,(H,12,14). The molecule has 1 aromatic heterocycles. The van der Waals surface area contributed by atoms with E-state index in [1.807, 2.05) is 24.4 Å². The first-order valence-electron chi connectivity index (χ1n) is 5.22. The molecule has 0 saturated heterocycles. The number of hydrogen-bond donors (Lipinski definition) is 2. The zero-order valence-electron chi connectivity index (χ0n) is 8.90. The molecule has 0 radical (unpaired) electrons. The molecule has 2 N–H and O–H groups in total. The van der Waals surface area contributed by atoms with Gasteiger partial charge in [0.25, 0.3) is 0 Å². The van der Waals surface area contributed by atoms with E-state index in [4.69, 9.17) is 0 Å². The van der Waals surface area contributed by atoms with E-state index in [9.17, 15) is 9.90 Å². The Hall–Kier alpha value is -0.870. The summed E-state index contributed by atoms with van der Waals surface area (Å²) >= 11 is 1.54. The van der Waals surface area contributed by atoms with E-state index in [1.54, 1.807) is 0 Å². The molecular formula is C11H17NO2S. The summed E-state index contributed by atoms with van der Waals surface area (Å²) in [5.41, 5.74) is 0. The Morgan fingerprint density at radius 3 is 3.07 bits per heavy atom. The Labute approximate surface area is 94.1 Å². The highest BCUT2D eigenvalue weighted by molar-refractivity contribution is 7.10. The lowest BCUT2D eigenvalue weighted by molar-refractivity contribution is -0.121. The van der Waals surface area contributed by atoms with E-state index < -0.39 is 6.10 Å². The van der Waals surface area contributed by atoms with E-state index in [0.29, 0.717) is 19.4 Å². The molecule has 1 rings (SSSR count). The Morgan fingerprint density at radius 2 is 2.47 bits per heavy atom. The van der Waals surface area contributed by atoms with Crippen LogP contribution in [0.25, 0.3) is 0 Å². The first-order chi connectivity index (χ1) is 7.24. The van der Waals surface area contributed by atoms with Crippen LogP contribution >= 0.6 is 11.3 Å². The molecule has 0 bridgehead atoms. The number of amides is 1. The molecule has 0 aliphatic carbocycles. The molecule has 0 aliphatic heterocycles. The molecule has 15 heavy (non-hydrogen) atoms. The monoisotopic (exact) mass is 227 g/mol. The van der Waals surface area contributed by atoms with E-state index in [0.717, 1.165) is 11.3 Å². The molecule has 0 fully saturated rings. The molecule has 0 aliphatic rings. The van der Waals surface area contributed by atoms with Gasteiger partial charge < -0.3 is 10.4 Å². The van der Waals surface area contributed by atoms with Gasteiger partial charge in [0.15, 0.2) is 0 Å². The third-order valence-corrected chi connectivity index (χ3v) is 3.06. The molecule has 1 aromatic rings. The van der Waals surface area contributed by atoms with Gasteiger partial charge in [0.05, 0.1) is 6.10 Å². The highest BCUT2D eigenvalue weighted by atomic mass is 32.1. The van der Waals surface area contributed by atoms with Crippen LogP contribution in [-0.2, 0) is 4.79 Å². The molecule has 4 heteroatoms. The zero-order chi connectivity index (χ0) is 11.1. The van der Waals surface area contributed by atoms with Crippen molar-refractivity contribution in [2.75, 3.05) is 6.54 Å². The molecule has 1 heterocycles. The second kappa shape index (κ2) is 6.58. The van der Waals surface area contributed by atoms with Gasteiger partial charge in [-0.05, 0) is 24.3 Å². The number of carbonyl (C=O) groups excluding carboxylic acids is 1. The van der Waals surface area contributed by atoms with E-state index in [1.165, 1.54) is 11.3 Å². The molecule has 1 unspecified atom stereocenters.